The summed E-state index contributed by atoms with van der Waals surface area (Å²) >= 11 is 1.36. The standard InChI is InChI=1S/C21H23FN6S/c22-17-12-15(6-7-18(17)29-16-8-10-24-11-9-16)26-20-13-19(27-21(23)28-20)25-14-4-2-1-3-5-14/h6-14H,1-5H2,(H4,23,25,26,27,28). The van der Waals surface area contributed by atoms with E-state index in [1.54, 1.807) is 18.5 Å². The van der Waals surface area contributed by atoms with Gasteiger partial charge in [0.15, 0.2) is 0 Å². The van der Waals surface area contributed by atoms with Crippen LogP contribution in [0, 0.1) is 5.82 Å². The molecule has 0 saturated heterocycles. The number of nitrogens with zero attached hydrogens (tertiary/aromatic N) is 3. The Morgan fingerprint density at radius 2 is 1.72 bits per heavy atom. The van der Waals surface area contributed by atoms with E-state index in [0.29, 0.717) is 28.3 Å². The molecule has 150 valence electrons. The van der Waals surface area contributed by atoms with Gasteiger partial charge in [0.2, 0.25) is 5.95 Å². The van der Waals surface area contributed by atoms with Crippen molar-refractivity contribution in [1.82, 2.24) is 15.0 Å². The molecule has 0 spiro atoms. The highest BCUT2D eigenvalue weighted by Gasteiger charge is 2.14. The van der Waals surface area contributed by atoms with Crippen LogP contribution in [0.1, 0.15) is 32.1 Å². The molecule has 1 saturated carbocycles. The molecule has 6 nitrogen and oxygen atoms in total. The maximum Gasteiger partial charge on any atom is 0.223 e. The molecule has 0 amide bonds. The van der Waals surface area contributed by atoms with Crippen molar-refractivity contribution in [3.63, 3.8) is 0 Å². The van der Waals surface area contributed by atoms with Crippen LogP contribution in [0.4, 0.5) is 27.7 Å². The smallest absolute Gasteiger partial charge is 0.223 e. The number of benzene rings is 1. The maximum atomic E-state index is 14.6. The number of hydrogen-bond donors (Lipinski definition) is 3. The van der Waals surface area contributed by atoms with E-state index in [4.69, 9.17) is 5.73 Å². The molecule has 1 fully saturated rings. The number of halogens is 1. The van der Waals surface area contributed by atoms with E-state index < -0.39 is 0 Å². The highest BCUT2D eigenvalue weighted by atomic mass is 32.2. The lowest BCUT2D eigenvalue weighted by Gasteiger charge is -2.23. The normalized spacial score (nSPS) is 14.5. The Labute approximate surface area is 173 Å². The Bertz CT molecular complexity index is 963. The highest BCUT2D eigenvalue weighted by molar-refractivity contribution is 7.99. The lowest BCUT2D eigenvalue weighted by atomic mass is 9.95. The van der Waals surface area contributed by atoms with Crippen LogP contribution in [0.2, 0.25) is 0 Å². The van der Waals surface area contributed by atoms with Gasteiger partial charge >= 0.3 is 0 Å². The fourth-order valence-corrected chi connectivity index (χ4v) is 4.21. The minimum Gasteiger partial charge on any atom is -0.368 e. The third kappa shape index (κ3) is 5.35. The number of anilines is 4. The van der Waals surface area contributed by atoms with Gasteiger partial charge in [0, 0.05) is 40.0 Å². The summed E-state index contributed by atoms with van der Waals surface area (Å²) in [6.45, 7) is 0. The average molecular weight is 411 g/mol. The zero-order valence-electron chi connectivity index (χ0n) is 15.9. The molecule has 4 N–H and O–H groups in total. The number of pyridine rings is 1. The van der Waals surface area contributed by atoms with Crippen LogP contribution in [0.25, 0.3) is 0 Å². The Kier molecular flexibility index (Phi) is 6.09. The van der Waals surface area contributed by atoms with Crippen molar-refractivity contribution in [2.75, 3.05) is 16.4 Å². The topological polar surface area (TPSA) is 88.8 Å². The number of aromatic nitrogens is 3. The van der Waals surface area contributed by atoms with Crippen LogP contribution in [0.5, 0.6) is 0 Å². The van der Waals surface area contributed by atoms with Crippen LogP contribution >= 0.6 is 11.8 Å². The van der Waals surface area contributed by atoms with Crippen molar-refractivity contribution < 1.29 is 4.39 Å². The predicted octanol–water partition coefficient (Wildman–Crippen LogP) is 5.23. The third-order valence-electron chi connectivity index (χ3n) is 4.78. The molecular weight excluding hydrogens is 387 g/mol. The summed E-state index contributed by atoms with van der Waals surface area (Å²) < 4.78 is 14.6. The Morgan fingerprint density at radius 3 is 2.48 bits per heavy atom. The molecule has 0 aliphatic heterocycles. The second-order valence-corrected chi connectivity index (χ2v) is 8.15. The molecule has 1 aliphatic carbocycles. The van der Waals surface area contributed by atoms with Gasteiger partial charge < -0.3 is 16.4 Å². The highest BCUT2D eigenvalue weighted by Crippen LogP contribution is 2.31. The zero-order chi connectivity index (χ0) is 20.1. The van der Waals surface area contributed by atoms with E-state index in [9.17, 15) is 4.39 Å². The van der Waals surface area contributed by atoms with Crippen molar-refractivity contribution in [3.05, 3.63) is 54.6 Å². The zero-order valence-corrected chi connectivity index (χ0v) is 16.8. The van der Waals surface area contributed by atoms with Crippen molar-refractivity contribution in [1.29, 1.82) is 0 Å². The molecule has 1 aromatic carbocycles. The fraction of sp³-hybridized carbons (Fsp3) is 0.286. The van der Waals surface area contributed by atoms with Gasteiger partial charge in [-0.05, 0) is 43.2 Å². The first-order valence-electron chi connectivity index (χ1n) is 9.71. The van der Waals surface area contributed by atoms with Crippen LogP contribution < -0.4 is 16.4 Å². The van der Waals surface area contributed by atoms with Gasteiger partial charge in [-0.25, -0.2) is 4.39 Å². The van der Waals surface area contributed by atoms with E-state index in [2.05, 4.69) is 25.6 Å². The number of nitrogens with one attached hydrogen (secondary N) is 2. The van der Waals surface area contributed by atoms with Crippen molar-refractivity contribution in [3.8, 4) is 0 Å². The Hall–Kier alpha value is -2.87. The van der Waals surface area contributed by atoms with E-state index in [1.165, 1.54) is 37.1 Å². The summed E-state index contributed by atoms with van der Waals surface area (Å²) in [7, 11) is 0. The number of rotatable bonds is 6. The summed E-state index contributed by atoms with van der Waals surface area (Å²) in [5.41, 5.74) is 6.47. The van der Waals surface area contributed by atoms with Gasteiger partial charge in [-0.2, -0.15) is 9.97 Å². The lowest BCUT2D eigenvalue weighted by molar-refractivity contribution is 0.462. The molecule has 0 unspecified atom stereocenters. The van der Waals surface area contributed by atoms with Gasteiger partial charge in [-0.15, -0.1) is 0 Å². The van der Waals surface area contributed by atoms with Gasteiger partial charge in [0.25, 0.3) is 0 Å². The van der Waals surface area contributed by atoms with Crippen LogP contribution in [0.15, 0.2) is 58.6 Å². The summed E-state index contributed by atoms with van der Waals surface area (Å²) in [6.07, 6.45) is 9.39. The monoisotopic (exact) mass is 410 g/mol. The maximum absolute atomic E-state index is 14.6. The van der Waals surface area contributed by atoms with Crippen molar-refractivity contribution in [2.24, 2.45) is 0 Å². The Balaban J connectivity index is 1.46. The lowest BCUT2D eigenvalue weighted by Crippen LogP contribution is -2.23. The fourth-order valence-electron chi connectivity index (χ4n) is 3.40. The van der Waals surface area contributed by atoms with Crippen LogP contribution in [0.3, 0.4) is 0 Å². The van der Waals surface area contributed by atoms with Gasteiger partial charge in [-0.1, -0.05) is 31.0 Å². The third-order valence-corrected chi connectivity index (χ3v) is 5.84. The average Bonchev–Trinajstić information content (AvgIpc) is 2.71. The second kappa shape index (κ2) is 9.09. The molecule has 0 radical (unpaired) electrons. The summed E-state index contributed by atoms with van der Waals surface area (Å²) in [4.78, 5) is 14.0. The van der Waals surface area contributed by atoms with Crippen LogP contribution in [-0.2, 0) is 0 Å². The second-order valence-electron chi connectivity index (χ2n) is 7.03. The molecule has 8 heteroatoms. The van der Waals surface area contributed by atoms with Gasteiger partial charge in [0.05, 0.1) is 0 Å². The summed E-state index contributed by atoms with van der Waals surface area (Å²) in [6, 6.07) is 10.9. The summed E-state index contributed by atoms with van der Waals surface area (Å²) in [5, 5.41) is 6.57. The van der Waals surface area contributed by atoms with Crippen LogP contribution in [-0.4, -0.2) is 21.0 Å². The molecule has 1 aliphatic rings. The molecule has 0 bridgehead atoms. The van der Waals surface area contributed by atoms with Gasteiger partial charge in [0.1, 0.15) is 17.5 Å². The minimum atomic E-state index is -0.306. The molecule has 2 aromatic heterocycles. The SMILES string of the molecule is Nc1nc(Nc2ccc(Sc3ccncc3)c(F)c2)cc(NC2CCCCC2)n1. The quantitative estimate of drug-likeness (QED) is 0.512. The molecular formula is C21H23FN6S. The first-order chi connectivity index (χ1) is 14.2. The first-order valence-corrected chi connectivity index (χ1v) is 10.5. The first kappa shape index (κ1) is 19.4. The largest absolute Gasteiger partial charge is 0.368 e. The van der Waals surface area contributed by atoms with E-state index in [-0.39, 0.29) is 11.8 Å². The number of hydrogen-bond acceptors (Lipinski definition) is 7. The van der Waals surface area contributed by atoms with Gasteiger partial charge in [-0.3, -0.25) is 4.98 Å². The minimum absolute atomic E-state index is 0.179. The van der Waals surface area contributed by atoms with E-state index >= 15 is 0 Å². The van der Waals surface area contributed by atoms with E-state index in [1.807, 2.05) is 24.3 Å². The molecule has 2 heterocycles. The molecule has 4 rings (SSSR count). The number of nitrogens with two attached hydrogens (primary N) is 1. The summed E-state index contributed by atoms with van der Waals surface area (Å²) in [5.74, 6) is 1.10. The molecule has 3 aromatic rings. The predicted molar refractivity (Wildman–Crippen MR) is 115 cm³/mol. The Morgan fingerprint density at radius 1 is 0.966 bits per heavy atom. The molecule has 29 heavy (non-hydrogen) atoms. The van der Waals surface area contributed by atoms with Crippen molar-refractivity contribution in [2.45, 2.75) is 47.9 Å². The van der Waals surface area contributed by atoms with E-state index in [0.717, 1.165) is 17.7 Å². The number of nitrogen functional groups attached to an aromatic ring is 1. The molecule has 0 atom stereocenters. The van der Waals surface area contributed by atoms with Crippen molar-refractivity contribution >= 4 is 35.0 Å².